The Kier molecular flexibility index (Phi) is 4.29. The van der Waals surface area contributed by atoms with Gasteiger partial charge < -0.3 is 0 Å². The summed E-state index contributed by atoms with van der Waals surface area (Å²) >= 11 is 7.62. The van der Waals surface area contributed by atoms with E-state index >= 15 is 0 Å². The smallest absolute Gasteiger partial charge is 0.0406 e. The van der Waals surface area contributed by atoms with Crippen molar-refractivity contribution in [2.75, 3.05) is 6.26 Å². The maximum absolute atomic E-state index is 5.91. The van der Waals surface area contributed by atoms with Gasteiger partial charge in [-0.1, -0.05) is 54.1 Å². The zero-order valence-electron chi connectivity index (χ0n) is 9.56. The number of halogens is 1. The highest BCUT2D eigenvalue weighted by molar-refractivity contribution is 8.01. The molecule has 0 amide bonds. The van der Waals surface area contributed by atoms with Crippen LogP contribution in [0.5, 0.6) is 0 Å². The summed E-state index contributed by atoms with van der Waals surface area (Å²) in [5.74, 6) is 0. The lowest BCUT2D eigenvalue weighted by atomic mass is 10.00. The van der Waals surface area contributed by atoms with Crippen LogP contribution in [0.1, 0.15) is 11.1 Å². The summed E-state index contributed by atoms with van der Waals surface area (Å²) in [6, 6.07) is 18.3. The van der Waals surface area contributed by atoms with Gasteiger partial charge in [0.25, 0.3) is 0 Å². The fourth-order valence-corrected chi connectivity index (χ4v) is 2.30. The van der Waals surface area contributed by atoms with E-state index < -0.39 is 0 Å². The van der Waals surface area contributed by atoms with Crippen molar-refractivity contribution in [3.8, 4) is 0 Å². The molecule has 0 aromatic heterocycles. The van der Waals surface area contributed by atoms with E-state index in [9.17, 15) is 0 Å². The molecule has 17 heavy (non-hydrogen) atoms. The number of rotatable bonds is 3. The number of hydrogen-bond donors (Lipinski definition) is 0. The zero-order chi connectivity index (χ0) is 12.1. The first-order valence-corrected chi connectivity index (χ1v) is 7.02. The number of benzene rings is 2. The molecule has 0 saturated heterocycles. The molecular formula is C15H13ClS. The Morgan fingerprint density at radius 3 is 2.12 bits per heavy atom. The third-order valence-electron chi connectivity index (χ3n) is 2.48. The van der Waals surface area contributed by atoms with E-state index in [-0.39, 0.29) is 0 Å². The fourth-order valence-electron chi connectivity index (χ4n) is 1.67. The summed E-state index contributed by atoms with van der Waals surface area (Å²) in [4.78, 5) is 0. The highest BCUT2D eigenvalue weighted by Gasteiger charge is 2.03. The summed E-state index contributed by atoms with van der Waals surface area (Å²) < 4.78 is 0. The molecule has 0 heterocycles. The first-order chi connectivity index (χ1) is 8.31. The maximum atomic E-state index is 5.91. The normalized spacial score (nSPS) is 11.5. The van der Waals surface area contributed by atoms with Crippen LogP contribution in [0.15, 0.2) is 60.0 Å². The molecule has 0 atom stereocenters. The van der Waals surface area contributed by atoms with E-state index in [1.165, 1.54) is 16.7 Å². The zero-order valence-corrected chi connectivity index (χ0v) is 11.1. The molecule has 0 aliphatic carbocycles. The van der Waals surface area contributed by atoms with Gasteiger partial charge in [0.2, 0.25) is 0 Å². The lowest BCUT2D eigenvalue weighted by Gasteiger charge is -2.08. The van der Waals surface area contributed by atoms with Gasteiger partial charge in [0, 0.05) is 5.02 Å². The molecule has 0 bridgehead atoms. The largest absolute Gasteiger partial charge is 0.137 e. The van der Waals surface area contributed by atoms with Gasteiger partial charge in [-0.25, -0.2) is 0 Å². The van der Waals surface area contributed by atoms with Gasteiger partial charge in [-0.2, -0.15) is 0 Å². The van der Waals surface area contributed by atoms with E-state index in [0.29, 0.717) is 0 Å². The predicted octanol–water partition coefficient (Wildman–Crippen LogP) is 5.09. The molecule has 86 valence electrons. The van der Waals surface area contributed by atoms with Crippen LogP contribution >= 0.6 is 23.4 Å². The summed E-state index contributed by atoms with van der Waals surface area (Å²) in [7, 11) is 0. The molecule has 0 saturated carbocycles. The van der Waals surface area contributed by atoms with Crippen LogP contribution < -0.4 is 0 Å². The second-order valence-electron chi connectivity index (χ2n) is 3.64. The standard InChI is InChI=1S/C15H13ClS/c1-17-11-15(12-5-3-2-4-6-12)13-7-9-14(16)10-8-13/h2-11H,1H3. The van der Waals surface area contributed by atoms with Crippen molar-refractivity contribution in [3.05, 3.63) is 76.2 Å². The van der Waals surface area contributed by atoms with Gasteiger partial charge >= 0.3 is 0 Å². The molecule has 0 N–H and O–H groups in total. The van der Waals surface area contributed by atoms with Crippen molar-refractivity contribution < 1.29 is 0 Å². The molecule has 0 fully saturated rings. The topological polar surface area (TPSA) is 0 Å². The first kappa shape index (κ1) is 12.3. The van der Waals surface area contributed by atoms with Crippen molar-refractivity contribution in [3.63, 3.8) is 0 Å². The Balaban J connectivity index is 2.44. The Bertz CT molecular complexity index is 500. The van der Waals surface area contributed by atoms with Gasteiger partial charge in [0.15, 0.2) is 0 Å². The van der Waals surface area contributed by atoms with E-state index in [1.54, 1.807) is 11.8 Å². The second-order valence-corrected chi connectivity index (χ2v) is 4.78. The summed E-state index contributed by atoms with van der Waals surface area (Å²) in [6.07, 6.45) is 2.07. The monoisotopic (exact) mass is 260 g/mol. The highest BCUT2D eigenvalue weighted by Crippen LogP contribution is 2.26. The van der Waals surface area contributed by atoms with Crippen LogP contribution in [0.4, 0.5) is 0 Å². The van der Waals surface area contributed by atoms with Crippen LogP contribution in [-0.2, 0) is 0 Å². The number of hydrogen-bond acceptors (Lipinski definition) is 1. The van der Waals surface area contributed by atoms with Gasteiger partial charge in [0.05, 0.1) is 0 Å². The van der Waals surface area contributed by atoms with Crippen LogP contribution in [0.2, 0.25) is 5.02 Å². The number of thioether (sulfide) groups is 1. The van der Waals surface area contributed by atoms with Crippen LogP contribution in [0.25, 0.3) is 5.57 Å². The fraction of sp³-hybridized carbons (Fsp3) is 0.0667. The molecule has 2 rings (SSSR count). The van der Waals surface area contributed by atoms with Crippen LogP contribution in [0.3, 0.4) is 0 Å². The third kappa shape index (κ3) is 3.15. The molecule has 2 aromatic carbocycles. The molecule has 0 nitrogen and oxygen atoms in total. The maximum Gasteiger partial charge on any atom is 0.0406 e. The van der Waals surface area contributed by atoms with Gasteiger partial charge in [-0.05, 0) is 40.5 Å². The van der Waals surface area contributed by atoms with E-state index in [1.807, 2.05) is 18.2 Å². The Labute approximate surface area is 111 Å². The minimum atomic E-state index is 0.769. The van der Waals surface area contributed by atoms with Crippen molar-refractivity contribution in [2.24, 2.45) is 0 Å². The Morgan fingerprint density at radius 2 is 1.53 bits per heavy atom. The van der Waals surface area contributed by atoms with Crippen molar-refractivity contribution in [1.82, 2.24) is 0 Å². The van der Waals surface area contributed by atoms with Crippen molar-refractivity contribution in [2.45, 2.75) is 0 Å². The van der Waals surface area contributed by atoms with Gasteiger partial charge in [-0.3, -0.25) is 0 Å². The summed E-state index contributed by atoms with van der Waals surface area (Å²) in [5, 5.41) is 2.93. The molecule has 2 aromatic rings. The average molecular weight is 261 g/mol. The minimum absolute atomic E-state index is 0.769. The summed E-state index contributed by atoms with van der Waals surface area (Å²) in [5.41, 5.74) is 3.65. The summed E-state index contributed by atoms with van der Waals surface area (Å²) in [6.45, 7) is 0. The Hall–Kier alpha value is -1.18. The lowest BCUT2D eigenvalue weighted by molar-refractivity contribution is 1.55. The highest BCUT2D eigenvalue weighted by atomic mass is 35.5. The average Bonchev–Trinajstić information content (AvgIpc) is 2.38. The quantitative estimate of drug-likeness (QED) is 0.741. The van der Waals surface area contributed by atoms with E-state index in [4.69, 9.17) is 11.6 Å². The van der Waals surface area contributed by atoms with Crippen molar-refractivity contribution >= 4 is 28.9 Å². The van der Waals surface area contributed by atoms with Gasteiger partial charge in [-0.15, -0.1) is 11.8 Å². The van der Waals surface area contributed by atoms with Crippen LogP contribution in [-0.4, -0.2) is 6.26 Å². The predicted molar refractivity (Wildman–Crippen MR) is 78.5 cm³/mol. The molecule has 0 spiro atoms. The molecule has 0 radical (unpaired) electrons. The molecular weight excluding hydrogens is 248 g/mol. The Morgan fingerprint density at radius 1 is 0.941 bits per heavy atom. The first-order valence-electron chi connectivity index (χ1n) is 5.35. The molecule has 0 aliphatic rings. The van der Waals surface area contributed by atoms with Crippen LogP contribution in [0, 0.1) is 0 Å². The van der Waals surface area contributed by atoms with E-state index in [0.717, 1.165) is 5.02 Å². The third-order valence-corrected chi connectivity index (χ3v) is 3.20. The van der Waals surface area contributed by atoms with Crippen molar-refractivity contribution in [1.29, 1.82) is 0 Å². The molecule has 2 heteroatoms. The molecule has 0 unspecified atom stereocenters. The van der Waals surface area contributed by atoms with E-state index in [2.05, 4.69) is 48.1 Å². The molecule has 0 aliphatic heterocycles. The second kappa shape index (κ2) is 5.95. The minimum Gasteiger partial charge on any atom is -0.137 e. The lowest BCUT2D eigenvalue weighted by Crippen LogP contribution is -1.86. The van der Waals surface area contributed by atoms with Gasteiger partial charge in [0.1, 0.15) is 0 Å². The SMILES string of the molecule is CSC=C(c1ccccc1)c1ccc(Cl)cc1.